The Balaban J connectivity index is 0.000000210. The predicted molar refractivity (Wildman–Crippen MR) is 215 cm³/mol. The first-order chi connectivity index (χ1) is 25.9. The number of hydrogen-bond donors (Lipinski definition) is 3. The number of hydrogen-bond acceptors (Lipinski definition) is 10. The molecule has 4 N–H and O–H groups in total. The SMILES string of the molecule is CC(C)(C)C1c2ccc(C(=O)Nc3nnc(COc4ccccc4Cl)s3)cc2CCN1C(=O)O.Nc1nnc(Cc2ccccc2-c2ccccc2Cl)s1. The summed E-state index contributed by atoms with van der Waals surface area (Å²) in [6, 6.07) is 28.3. The van der Waals surface area contributed by atoms with Gasteiger partial charge in [-0.1, -0.05) is 127 Å². The van der Waals surface area contributed by atoms with Crippen LogP contribution in [0.4, 0.5) is 15.1 Å². The molecule has 1 aliphatic rings. The molecule has 7 rings (SSSR count). The van der Waals surface area contributed by atoms with E-state index in [1.54, 1.807) is 18.2 Å². The van der Waals surface area contributed by atoms with Crippen LogP contribution in [0.15, 0.2) is 91.0 Å². The van der Waals surface area contributed by atoms with Gasteiger partial charge in [-0.05, 0) is 64.4 Å². The molecule has 0 aliphatic carbocycles. The largest absolute Gasteiger partial charge is 0.485 e. The number of carbonyl (C=O) groups excluding carboxylic acids is 1. The topological polar surface area (TPSA) is 156 Å². The van der Waals surface area contributed by atoms with Crippen LogP contribution in [0.3, 0.4) is 0 Å². The maximum Gasteiger partial charge on any atom is 0.407 e. The van der Waals surface area contributed by atoms with Gasteiger partial charge in [0.1, 0.15) is 17.4 Å². The molecular formula is C39H37Cl2N7O4S2. The van der Waals surface area contributed by atoms with Crippen LogP contribution in [0.5, 0.6) is 5.75 Å². The molecule has 0 spiro atoms. The Bertz CT molecular complexity index is 2270. The second-order valence-corrected chi connectivity index (χ2v) is 16.4. The lowest BCUT2D eigenvalue weighted by molar-refractivity contribution is 0.0758. The fraction of sp³-hybridized carbons (Fsp3) is 0.231. The van der Waals surface area contributed by atoms with Gasteiger partial charge in [-0.15, -0.1) is 20.4 Å². The van der Waals surface area contributed by atoms with Crippen LogP contribution in [0.2, 0.25) is 10.0 Å². The summed E-state index contributed by atoms with van der Waals surface area (Å²) in [5, 5.41) is 32.1. The summed E-state index contributed by atoms with van der Waals surface area (Å²) in [4.78, 5) is 26.1. The highest BCUT2D eigenvalue weighted by molar-refractivity contribution is 7.15. The molecule has 1 aliphatic heterocycles. The lowest BCUT2D eigenvalue weighted by atomic mass is 9.77. The molecule has 54 heavy (non-hydrogen) atoms. The van der Waals surface area contributed by atoms with Crippen molar-refractivity contribution >= 4 is 68.1 Å². The zero-order valence-corrected chi connectivity index (χ0v) is 32.8. The van der Waals surface area contributed by atoms with E-state index >= 15 is 0 Å². The molecule has 0 saturated carbocycles. The highest BCUT2D eigenvalue weighted by Gasteiger charge is 2.38. The summed E-state index contributed by atoms with van der Waals surface area (Å²) in [6.45, 7) is 6.63. The first-order valence-electron chi connectivity index (χ1n) is 16.9. The number of nitrogens with two attached hydrogens (primary N) is 1. The van der Waals surface area contributed by atoms with Gasteiger partial charge in [0, 0.05) is 29.1 Å². The fourth-order valence-corrected chi connectivity index (χ4v) is 7.97. The van der Waals surface area contributed by atoms with Crippen molar-refractivity contribution in [2.75, 3.05) is 17.6 Å². The number of halogens is 2. The standard InChI is InChI=1S/C24H25ClN4O4S.C15H12ClN3S/c1-24(2,3)20-16-9-8-15(12-14(16)10-11-29(20)23(31)32)21(30)26-22-28-27-19(34-22)13-33-18-7-5-4-6-17(18)25;16-13-8-4-3-7-12(13)11-6-2-1-5-10(11)9-14-18-19-15(17)20-14/h4-9,12,20H,10-11,13H2,1-3H3,(H,31,32)(H,26,28,30);1-8H,9H2,(H2,17,19). The van der Waals surface area contributed by atoms with Crippen molar-refractivity contribution in [2.45, 2.75) is 46.3 Å². The van der Waals surface area contributed by atoms with Gasteiger partial charge in [-0.3, -0.25) is 10.1 Å². The average molecular weight is 803 g/mol. The van der Waals surface area contributed by atoms with Crippen molar-refractivity contribution in [1.82, 2.24) is 25.3 Å². The van der Waals surface area contributed by atoms with E-state index in [0.29, 0.717) is 51.0 Å². The molecule has 11 nitrogen and oxygen atoms in total. The monoisotopic (exact) mass is 801 g/mol. The van der Waals surface area contributed by atoms with E-state index in [-0.39, 0.29) is 24.0 Å². The summed E-state index contributed by atoms with van der Waals surface area (Å²) in [6.07, 6.45) is 0.325. The van der Waals surface area contributed by atoms with Crippen LogP contribution in [0.1, 0.15) is 63.9 Å². The Hall–Kier alpha value is -5.08. The van der Waals surface area contributed by atoms with Gasteiger partial charge >= 0.3 is 6.09 Å². The first-order valence-corrected chi connectivity index (χ1v) is 19.3. The number of nitrogen functional groups attached to an aromatic ring is 1. The lowest BCUT2D eigenvalue weighted by Gasteiger charge is -2.43. The summed E-state index contributed by atoms with van der Waals surface area (Å²) in [7, 11) is 0. The van der Waals surface area contributed by atoms with Crippen LogP contribution < -0.4 is 15.8 Å². The van der Waals surface area contributed by atoms with Crippen molar-refractivity contribution in [3.05, 3.63) is 133 Å². The van der Waals surface area contributed by atoms with E-state index < -0.39 is 6.09 Å². The van der Waals surface area contributed by atoms with Crippen LogP contribution in [-0.2, 0) is 19.4 Å². The molecule has 2 amide bonds. The molecule has 0 radical (unpaired) electrons. The molecule has 0 saturated heterocycles. The second kappa shape index (κ2) is 16.9. The average Bonchev–Trinajstić information content (AvgIpc) is 3.78. The maximum atomic E-state index is 12.9. The molecule has 15 heteroatoms. The fourth-order valence-electron chi connectivity index (χ4n) is 6.26. The number of rotatable bonds is 8. The van der Waals surface area contributed by atoms with Crippen LogP contribution >= 0.6 is 45.9 Å². The number of carboxylic acid groups (broad SMARTS) is 1. The van der Waals surface area contributed by atoms with E-state index in [9.17, 15) is 14.7 Å². The third-order valence-electron chi connectivity index (χ3n) is 8.58. The number of para-hydroxylation sites is 1. The Morgan fingerprint density at radius 3 is 2.26 bits per heavy atom. The number of anilines is 2. The second-order valence-electron chi connectivity index (χ2n) is 13.4. The molecule has 6 aromatic rings. The summed E-state index contributed by atoms with van der Waals surface area (Å²) in [5.41, 5.74) is 11.1. The van der Waals surface area contributed by atoms with Crippen LogP contribution in [0.25, 0.3) is 11.1 Å². The zero-order valence-electron chi connectivity index (χ0n) is 29.6. The molecule has 0 fully saturated rings. The van der Waals surface area contributed by atoms with E-state index in [4.69, 9.17) is 33.7 Å². The maximum absolute atomic E-state index is 12.9. The van der Waals surface area contributed by atoms with E-state index in [2.05, 4.69) is 37.8 Å². The summed E-state index contributed by atoms with van der Waals surface area (Å²) < 4.78 is 5.67. The van der Waals surface area contributed by atoms with Gasteiger partial charge < -0.3 is 20.5 Å². The van der Waals surface area contributed by atoms with Gasteiger partial charge in [0.25, 0.3) is 5.91 Å². The number of aromatic nitrogens is 4. The number of ether oxygens (including phenoxy) is 1. The summed E-state index contributed by atoms with van der Waals surface area (Å²) >= 11 is 15.0. The highest BCUT2D eigenvalue weighted by Crippen LogP contribution is 2.42. The first kappa shape index (κ1) is 38.6. The minimum Gasteiger partial charge on any atom is -0.485 e. The Morgan fingerprint density at radius 2 is 1.57 bits per heavy atom. The van der Waals surface area contributed by atoms with Crippen molar-refractivity contribution in [3.63, 3.8) is 0 Å². The summed E-state index contributed by atoms with van der Waals surface area (Å²) in [5.74, 6) is 0.250. The van der Waals surface area contributed by atoms with Gasteiger partial charge in [0.05, 0.1) is 11.1 Å². The molecule has 1 atom stereocenters. The molecule has 3 heterocycles. The van der Waals surface area contributed by atoms with Crippen molar-refractivity contribution in [3.8, 4) is 16.9 Å². The molecule has 2 aromatic heterocycles. The quantitative estimate of drug-likeness (QED) is 0.136. The van der Waals surface area contributed by atoms with Crippen LogP contribution in [0, 0.1) is 5.41 Å². The van der Waals surface area contributed by atoms with Gasteiger partial charge in [0.15, 0.2) is 5.01 Å². The number of fused-ring (bicyclic) bond motifs is 1. The lowest BCUT2D eigenvalue weighted by Crippen LogP contribution is -2.44. The van der Waals surface area contributed by atoms with E-state index in [1.165, 1.54) is 27.6 Å². The van der Waals surface area contributed by atoms with Crippen LogP contribution in [-0.4, -0.2) is 48.9 Å². The van der Waals surface area contributed by atoms with Crippen molar-refractivity contribution in [2.24, 2.45) is 5.41 Å². The Kier molecular flexibility index (Phi) is 12.1. The predicted octanol–water partition coefficient (Wildman–Crippen LogP) is 9.68. The third kappa shape index (κ3) is 9.34. The van der Waals surface area contributed by atoms with Gasteiger partial charge in [0.2, 0.25) is 10.3 Å². The van der Waals surface area contributed by atoms with E-state index in [0.717, 1.165) is 37.8 Å². The Morgan fingerprint density at radius 1 is 0.889 bits per heavy atom. The molecular weight excluding hydrogens is 766 g/mol. The minimum atomic E-state index is -0.932. The molecule has 1 unspecified atom stereocenters. The van der Waals surface area contributed by atoms with Crippen molar-refractivity contribution < 1.29 is 19.4 Å². The smallest absolute Gasteiger partial charge is 0.407 e. The Labute approximate surface area is 330 Å². The third-order valence-corrected chi connectivity index (χ3v) is 10.8. The molecule has 0 bridgehead atoms. The number of benzene rings is 4. The zero-order chi connectivity index (χ0) is 38.4. The normalized spacial score (nSPS) is 13.7. The van der Waals surface area contributed by atoms with Gasteiger partial charge in [-0.2, -0.15) is 0 Å². The minimum absolute atomic E-state index is 0.185. The number of nitrogens with one attached hydrogen (secondary N) is 1. The number of carbonyl (C=O) groups is 2. The molecule has 278 valence electrons. The van der Waals surface area contributed by atoms with Crippen molar-refractivity contribution in [1.29, 1.82) is 0 Å². The van der Waals surface area contributed by atoms with Gasteiger partial charge in [-0.25, -0.2) is 4.79 Å². The van der Waals surface area contributed by atoms with E-state index in [1.807, 2.05) is 81.4 Å². The molecule has 4 aromatic carbocycles. The number of amides is 2. The number of nitrogens with zero attached hydrogens (tertiary/aromatic N) is 5. The highest BCUT2D eigenvalue weighted by atomic mass is 35.5.